The molecule has 0 saturated carbocycles. The van der Waals surface area contributed by atoms with E-state index >= 15 is 0 Å². The number of alkyl halides is 3. The highest BCUT2D eigenvalue weighted by atomic mass is 32.2. The summed E-state index contributed by atoms with van der Waals surface area (Å²) in [5, 5.41) is 10.3. The number of halogens is 3. The van der Waals surface area contributed by atoms with E-state index in [0.29, 0.717) is 11.1 Å². The molecule has 2 aromatic carbocycles. The Bertz CT molecular complexity index is 1080. The van der Waals surface area contributed by atoms with E-state index in [2.05, 4.69) is 20.3 Å². The highest BCUT2D eigenvalue weighted by molar-refractivity contribution is 8.18. The van der Waals surface area contributed by atoms with Gasteiger partial charge in [-0.1, -0.05) is 42.5 Å². The number of methoxy groups -OCH3 is 1. The molecule has 10 heteroatoms. The van der Waals surface area contributed by atoms with Crippen LogP contribution in [-0.4, -0.2) is 30.4 Å². The van der Waals surface area contributed by atoms with Crippen molar-refractivity contribution in [3.05, 3.63) is 70.6 Å². The average molecular weight is 433 g/mol. The van der Waals surface area contributed by atoms with Crippen molar-refractivity contribution in [1.29, 1.82) is 0 Å². The van der Waals surface area contributed by atoms with Gasteiger partial charge in [0.2, 0.25) is 0 Å². The maximum atomic E-state index is 13.4. The molecular formula is C20H14F3N3O3S. The van der Waals surface area contributed by atoms with E-state index < -0.39 is 23.6 Å². The molecule has 1 saturated heterocycles. The fourth-order valence-corrected chi connectivity index (χ4v) is 3.34. The summed E-state index contributed by atoms with van der Waals surface area (Å²) in [6, 6.07) is 11.7. The number of amides is 1. The summed E-state index contributed by atoms with van der Waals surface area (Å²) < 4.78 is 44.6. The monoisotopic (exact) mass is 433 g/mol. The molecule has 6 nitrogen and oxygen atoms in total. The first-order valence-electron chi connectivity index (χ1n) is 8.45. The van der Waals surface area contributed by atoms with Gasteiger partial charge in [-0.3, -0.25) is 10.1 Å². The Labute approximate surface area is 173 Å². The molecule has 0 unspecified atom stereocenters. The predicted octanol–water partition coefficient (Wildman–Crippen LogP) is 3.98. The molecule has 0 aliphatic carbocycles. The van der Waals surface area contributed by atoms with E-state index in [9.17, 15) is 22.8 Å². The number of carbonyl (C=O) groups is 2. The van der Waals surface area contributed by atoms with Crippen LogP contribution < -0.4 is 5.32 Å². The Morgan fingerprint density at radius 3 is 2.47 bits per heavy atom. The zero-order chi connectivity index (χ0) is 21.7. The van der Waals surface area contributed by atoms with Gasteiger partial charge in [0, 0.05) is 11.6 Å². The lowest BCUT2D eigenvalue weighted by Gasteiger charge is -2.14. The number of esters is 1. The summed E-state index contributed by atoms with van der Waals surface area (Å²) in [7, 11) is 1.19. The SMILES string of the molecule is COC(=O)/C=C1/S/C(=N\N=Cc2ccccc2-c2ccccc2C(F)(F)F)NC1=O. The Hall–Kier alpha value is -3.40. The minimum absolute atomic E-state index is 0.0199. The van der Waals surface area contributed by atoms with E-state index in [1.165, 1.54) is 31.5 Å². The molecule has 30 heavy (non-hydrogen) atoms. The van der Waals surface area contributed by atoms with Gasteiger partial charge in [-0.15, -0.1) is 5.10 Å². The second kappa shape index (κ2) is 8.95. The number of carbonyl (C=O) groups excluding carboxylic acids is 2. The van der Waals surface area contributed by atoms with Gasteiger partial charge in [0.1, 0.15) is 0 Å². The van der Waals surface area contributed by atoms with Gasteiger partial charge in [0.15, 0.2) is 5.17 Å². The Morgan fingerprint density at radius 2 is 1.77 bits per heavy atom. The maximum Gasteiger partial charge on any atom is 0.417 e. The van der Waals surface area contributed by atoms with Crippen molar-refractivity contribution in [2.45, 2.75) is 6.18 Å². The van der Waals surface area contributed by atoms with Crippen molar-refractivity contribution in [3.8, 4) is 11.1 Å². The second-order valence-electron chi connectivity index (χ2n) is 5.87. The Kier molecular flexibility index (Phi) is 6.36. The summed E-state index contributed by atoms with van der Waals surface area (Å²) in [5.74, 6) is -1.21. The van der Waals surface area contributed by atoms with Gasteiger partial charge in [-0.2, -0.15) is 18.3 Å². The van der Waals surface area contributed by atoms with Crippen LogP contribution in [0.3, 0.4) is 0 Å². The number of nitrogens with one attached hydrogen (secondary N) is 1. The molecule has 2 aromatic rings. The van der Waals surface area contributed by atoms with Gasteiger partial charge in [-0.05, 0) is 29.0 Å². The largest absolute Gasteiger partial charge is 0.466 e. The number of rotatable bonds is 4. The number of amidine groups is 1. The molecule has 3 rings (SSSR count). The lowest BCUT2D eigenvalue weighted by Crippen LogP contribution is -2.19. The molecule has 0 bridgehead atoms. The lowest BCUT2D eigenvalue weighted by molar-refractivity contribution is -0.137. The van der Waals surface area contributed by atoms with E-state index in [4.69, 9.17) is 0 Å². The first-order chi connectivity index (χ1) is 14.3. The smallest absolute Gasteiger partial charge is 0.417 e. The zero-order valence-electron chi connectivity index (χ0n) is 15.4. The van der Waals surface area contributed by atoms with Crippen molar-refractivity contribution >= 4 is 35.0 Å². The third kappa shape index (κ3) is 4.95. The van der Waals surface area contributed by atoms with Gasteiger partial charge in [0.25, 0.3) is 5.91 Å². The van der Waals surface area contributed by atoms with Crippen LogP contribution in [0.1, 0.15) is 11.1 Å². The standard InChI is InChI=1S/C20H14F3N3O3S/c1-29-17(27)10-16-18(28)25-19(30-16)26-24-11-12-6-2-3-7-13(12)14-8-4-5-9-15(14)20(21,22)23/h2-11H,1H3,(H,25,26,28)/b16-10+,24-11?. The molecule has 0 aromatic heterocycles. The van der Waals surface area contributed by atoms with Crippen LogP contribution in [0.15, 0.2) is 69.7 Å². The van der Waals surface area contributed by atoms with Crippen LogP contribution >= 0.6 is 11.8 Å². The van der Waals surface area contributed by atoms with Crippen LogP contribution in [0.25, 0.3) is 11.1 Å². The number of nitrogens with zero attached hydrogens (tertiary/aromatic N) is 2. The Balaban J connectivity index is 1.88. The molecular weight excluding hydrogens is 419 g/mol. The van der Waals surface area contributed by atoms with Crippen LogP contribution in [0.2, 0.25) is 0 Å². The van der Waals surface area contributed by atoms with Gasteiger partial charge in [0.05, 0.1) is 23.8 Å². The van der Waals surface area contributed by atoms with Crippen molar-refractivity contribution in [2.75, 3.05) is 7.11 Å². The highest BCUT2D eigenvalue weighted by Gasteiger charge is 2.33. The van der Waals surface area contributed by atoms with E-state index in [-0.39, 0.29) is 15.6 Å². The molecule has 154 valence electrons. The molecule has 1 N–H and O–H groups in total. The fraction of sp³-hybridized carbons (Fsp3) is 0.100. The van der Waals surface area contributed by atoms with Crippen LogP contribution in [0.5, 0.6) is 0 Å². The minimum Gasteiger partial charge on any atom is -0.466 e. The molecule has 1 heterocycles. The van der Waals surface area contributed by atoms with E-state index in [0.717, 1.165) is 23.9 Å². The first-order valence-corrected chi connectivity index (χ1v) is 9.26. The molecule has 0 radical (unpaired) electrons. The predicted molar refractivity (Wildman–Crippen MR) is 108 cm³/mol. The van der Waals surface area contributed by atoms with E-state index in [1.807, 2.05) is 0 Å². The first kappa shape index (κ1) is 21.3. The lowest BCUT2D eigenvalue weighted by atomic mass is 9.95. The molecule has 0 spiro atoms. The fourth-order valence-electron chi connectivity index (χ4n) is 2.60. The third-order valence-electron chi connectivity index (χ3n) is 3.93. The van der Waals surface area contributed by atoms with Crippen molar-refractivity contribution < 1.29 is 27.5 Å². The summed E-state index contributed by atoms with van der Waals surface area (Å²) in [4.78, 5) is 23.1. The molecule has 1 aliphatic heterocycles. The molecule has 1 fully saturated rings. The Morgan fingerprint density at radius 1 is 1.10 bits per heavy atom. The van der Waals surface area contributed by atoms with Crippen molar-refractivity contribution in [2.24, 2.45) is 10.2 Å². The summed E-state index contributed by atoms with van der Waals surface area (Å²) in [6.45, 7) is 0. The van der Waals surface area contributed by atoms with E-state index in [1.54, 1.807) is 24.3 Å². The van der Waals surface area contributed by atoms with Crippen LogP contribution in [0.4, 0.5) is 13.2 Å². The molecule has 0 atom stereocenters. The number of benzene rings is 2. The quantitative estimate of drug-likeness (QED) is 0.342. The third-order valence-corrected chi connectivity index (χ3v) is 4.83. The normalized spacial score (nSPS) is 17.0. The van der Waals surface area contributed by atoms with Crippen molar-refractivity contribution in [3.63, 3.8) is 0 Å². The number of thioether (sulfide) groups is 1. The van der Waals surface area contributed by atoms with Gasteiger partial charge < -0.3 is 4.74 Å². The number of hydrogen-bond donors (Lipinski definition) is 1. The minimum atomic E-state index is -4.51. The number of hydrogen-bond acceptors (Lipinski definition) is 6. The topological polar surface area (TPSA) is 80.1 Å². The molecule has 1 amide bonds. The van der Waals surface area contributed by atoms with Gasteiger partial charge >= 0.3 is 12.1 Å². The summed E-state index contributed by atoms with van der Waals surface area (Å²) in [6.07, 6.45) is -2.19. The highest BCUT2D eigenvalue weighted by Crippen LogP contribution is 2.37. The van der Waals surface area contributed by atoms with Gasteiger partial charge in [-0.25, -0.2) is 4.79 Å². The second-order valence-corrected chi connectivity index (χ2v) is 6.90. The summed E-state index contributed by atoms with van der Waals surface area (Å²) in [5.41, 5.74) is 0.0156. The maximum absolute atomic E-state index is 13.4. The van der Waals surface area contributed by atoms with Crippen molar-refractivity contribution in [1.82, 2.24) is 5.32 Å². The van der Waals surface area contributed by atoms with Crippen LogP contribution in [-0.2, 0) is 20.5 Å². The number of ether oxygens (including phenoxy) is 1. The summed E-state index contributed by atoms with van der Waals surface area (Å²) >= 11 is 0.891. The zero-order valence-corrected chi connectivity index (χ0v) is 16.3. The molecule has 1 aliphatic rings. The average Bonchev–Trinajstić information content (AvgIpc) is 3.06. The van der Waals surface area contributed by atoms with Crippen LogP contribution in [0, 0.1) is 0 Å².